The first-order valence-electron chi connectivity index (χ1n) is 20.9. The Morgan fingerprint density at radius 3 is 1.31 bits per heavy atom. The van der Waals surface area contributed by atoms with Gasteiger partial charge in [-0.3, -0.25) is 4.55 Å². The Bertz CT molecular complexity index is 1840. The van der Waals surface area contributed by atoms with Crippen LogP contribution in [0.4, 0.5) is 0 Å². The van der Waals surface area contributed by atoms with Crippen LogP contribution in [0.5, 0.6) is 5.75 Å². The molecule has 9 atom stereocenters. The maximum absolute atomic E-state index is 15.6. The first-order chi connectivity index (χ1) is 24.6. The fourth-order valence-corrected chi connectivity index (χ4v) is 15.8. The number of hydrogen-bond donors (Lipinski definition) is 1. The van der Waals surface area contributed by atoms with Gasteiger partial charge in [-0.1, -0.05) is 57.1 Å². The Kier molecular flexibility index (Phi) is 8.30. The lowest BCUT2D eigenvalue weighted by molar-refractivity contribution is 0.392. The summed E-state index contributed by atoms with van der Waals surface area (Å²) < 4.78 is 73.5. The first-order valence-corrected chi connectivity index (χ1v) is 23.7. The van der Waals surface area contributed by atoms with E-state index in [0.29, 0.717) is 51.4 Å². The van der Waals surface area contributed by atoms with E-state index in [1.54, 1.807) is 12.1 Å². The molecule has 8 aliphatic rings. The van der Waals surface area contributed by atoms with Crippen molar-refractivity contribution in [1.82, 2.24) is 0 Å². The van der Waals surface area contributed by atoms with E-state index in [1.165, 1.54) is 69.8 Å². The van der Waals surface area contributed by atoms with E-state index < -0.39 is 20.2 Å². The summed E-state index contributed by atoms with van der Waals surface area (Å²) in [6.07, 6.45) is 22.2. The smallest absolute Gasteiger partial charge is 0.339 e. The van der Waals surface area contributed by atoms with Crippen molar-refractivity contribution in [3.8, 4) is 5.75 Å². The molecule has 10 rings (SSSR count). The Morgan fingerprint density at radius 2 is 0.941 bits per heavy atom. The molecule has 8 aliphatic carbocycles. The van der Waals surface area contributed by atoms with Gasteiger partial charge in [-0.25, -0.2) is 0 Å². The molecule has 0 amide bonds. The zero-order valence-corrected chi connectivity index (χ0v) is 31.7. The summed E-state index contributed by atoms with van der Waals surface area (Å²) in [4.78, 5) is 0.356. The van der Waals surface area contributed by atoms with E-state index in [-0.39, 0.29) is 28.6 Å². The van der Waals surface area contributed by atoms with Crippen molar-refractivity contribution in [2.45, 2.75) is 168 Å². The lowest BCUT2D eigenvalue weighted by atomic mass is 9.75. The van der Waals surface area contributed by atoms with Gasteiger partial charge in [0.1, 0.15) is 10.6 Å². The third-order valence-electron chi connectivity index (χ3n) is 16.1. The highest BCUT2D eigenvalue weighted by atomic mass is 32.2. The molecule has 6 bridgehead atoms. The zero-order chi connectivity index (χ0) is 34.6. The van der Waals surface area contributed by atoms with Crippen LogP contribution in [-0.2, 0) is 20.2 Å². The Labute approximate surface area is 305 Å². The third-order valence-corrected chi connectivity index (χ3v) is 18.2. The Morgan fingerprint density at radius 1 is 0.510 bits per heavy atom. The van der Waals surface area contributed by atoms with Gasteiger partial charge in [-0.15, -0.1) is 0 Å². The SMILES string of the molecule is O=S(=O)(O)c1cc(C2CCCC2)c(OS(=O)(=O)c2c(C3CC4CCC3C4)cc(C3CC4CCC3C4)cc2C2CC3CCC2C3)c(C2CCCC2)c1. The molecule has 0 aliphatic heterocycles. The Balaban J connectivity index is 1.16. The fourth-order valence-electron chi connectivity index (χ4n) is 13.8. The summed E-state index contributed by atoms with van der Waals surface area (Å²) in [6, 6.07) is 7.84. The summed E-state index contributed by atoms with van der Waals surface area (Å²) in [7, 11) is -8.78. The molecule has 9 unspecified atom stereocenters. The van der Waals surface area contributed by atoms with E-state index in [0.717, 1.165) is 87.2 Å². The maximum Gasteiger partial charge on any atom is 0.339 e. The van der Waals surface area contributed by atoms with Crippen LogP contribution in [0.3, 0.4) is 0 Å². The summed E-state index contributed by atoms with van der Waals surface area (Å²) in [6.45, 7) is 0. The van der Waals surface area contributed by atoms with Gasteiger partial charge < -0.3 is 4.18 Å². The van der Waals surface area contributed by atoms with Crippen molar-refractivity contribution in [3.05, 3.63) is 52.1 Å². The second-order valence-electron chi connectivity index (χ2n) is 18.8. The molecule has 51 heavy (non-hydrogen) atoms. The van der Waals surface area contributed by atoms with Crippen molar-refractivity contribution in [3.63, 3.8) is 0 Å². The van der Waals surface area contributed by atoms with E-state index >= 15 is 8.42 Å². The quantitative estimate of drug-likeness (QED) is 0.204. The van der Waals surface area contributed by atoms with Crippen LogP contribution in [0.2, 0.25) is 0 Å². The summed E-state index contributed by atoms with van der Waals surface area (Å²) in [5.41, 5.74) is 4.84. The molecular formula is C43H56O6S2. The standard InChI is InChI=1S/C43H56O6S2/c44-50(45,46)34-23-38(28-5-1-2-6-28)42(39(24-34)29-7-3-4-8-29)49-51(47,48)43-40(36-19-26-10-13-31(36)16-26)21-33(35-18-25-9-12-30(35)15-25)22-41(43)37-20-27-11-14-32(37)17-27/h21-32,35-37H,1-20H2,(H,44,45,46). The van der Waals surface area contributed by atoms with Gasteiger partial charge in [0.05, 0.1) is 4.90 Å². The molecule has 0 heterocycles. The molecule has 8 fully saturated rings. The lowest BCUT2D eigenvalue weighted by Crippen LogP contribution is -2.24. The maximum atomic E-state index is 15.6. The number of fused-ring (bicyclic) bond motifs is 6. The van der Waals surface area contributed by atoms with E-state index in [9.17, 15) is 13.0 Å². The van der Waals surface area contributed by atoms with Gasteiger partial charge in [-0.2, -0.15) is 16.8 Å². The van der Waals surface area contributed by atoms with Crippen molar-refractivity contribution in [2.75, 3.05) is 0 Å². The van der Waals surface area contributed by atoms with Gasteiger partial charge >= 0.3 is 10.1 Å². The minimum Gasteiger partial charge on any atom is -0.378 e. The van der Waals surface area contributed by atoms with Gasteiger partial charge in [0.15, 0.2) is 0 Å². The predicted molar refractivity (Wildman–Crippen MR) is 197 cm³/mol. The zero-order valence-electron chi connectivity index (χ0n) is 30.1. The van der Waals surface area contributed by atoms with Crippen LogP contribution in [0.1, 0.15) is 186 Å². The third kappa shape index (κ3) is 5.86. The monoisotopic (exact) mass is 732 g/mol. The minimum atomic E-state index is -4.49. The van der Waals surface area contributed by atoms with E-state index in [4.69, 9.17) is 4.18 Å². The molecule has 1 N–H and O–H groups in total. The predicted octanol–water partition coefficient (Wildman–Crippen LogP) is 10.7. The van der Waals surface area contributed by atoms with Gasteiger partial charge in [0.2, 0.25) is 0 Å². The first kappa shape index (κ1) is 33.7. The fraction of sp³-hybridized carbons (Fsp3) is 0.721. The normalized spacial score (nSPS) is 36.3. The molecule has 6 nitrogen and oxygen atoms in total. The van der Waals surface area contributed by atoms with Gasteiger partial charge in [0, 0.05) is 11.1 Å². The highest BCUT2D eigenvalue weighted by Gasteiger charge is 2.48. The highest BCUT2D eigenvalue weighted by Crippen LogP contribution is 2.60. The molecule has 2 aromatic rings. The number of benzene rings is 2. The van der Waals surface area contributed by atoms with Crippen LogP contribution < -0.4 is 4.18 Å². The van der Waals surface area contributed by atoms with Crippen molar-refractivity contribution >= 4 is 20.2 Å². The minimum absolute atomic E-state index is 0.00675. The second kappa shape index (κ2) is 12.6. The summed E-state index contributed by atoms with van der Waals surface area (Å²) in [5, 5.41) is 0. The molecule has 0 aromatic heterocycles. The molecule has 276 valence electrons. The Hall–Kier alpha value is -1.90. The van der Waals surface area contributed by atoms with Crippen LogP contribution in [-0.4, -0.2) is 21.4 Å². The van der Waals surface area contributed by atoms with Crippen LogP contribution in [0.25, 0.3) is 0 Å². The number of hydrogen-bond acceptors (Lipinski definition) is 5. The van der Waals surface area contributed by atoms with Crippen LogP contribution in [0.15, 0.2) is 34.1 Å². The average molecular weight is 733 g/mol. The topological polar surface area (TPSA) is 97.7 Å². The highest BCUT2D eigenvalue weighted by molar-refractivity contribution is 7.87. The molecule has 0 saturated heterocycles. The molecule has 8 saturated carbocycles. The van der Waals surface area contributed by atoms with Crippen LogP contribution >= 0.6 is 0 Å². The second-order valence-corrected chi connectivity index (χ2v) is 21.7. The molecule has 2 aromatic carbocycles. The van der Waals surface area contributed by atoms with Gasteiger partial charge in [-0.05, 0) is 177 Å². The largest absolute Gasteiger partial charge is 0.378 e. The molecular weight excluding hydrogens is 677 g/mol. The van der Waals surface area contributed by atoms with Gasteiger partial charge in [0.25, 0.3) is 10.1 Å². The summed E-state index contributed by atoms with van der Waals surface area (Å²) in [5.74, 6) is 5.39. The van der Waals surface area contributed by atoms with Crippen molar-refractivity contribution in [2.24, 2.45) is 35.5 Å². The lowest BCUT2D eigenvalue weighted by Gasteiger charge is -2.33. The van der Waals surface area contributed by atoms with Crippen molar-refractivity contribution < 1.29 is 25.6 Å². The number of rotatable bonds is 9. The van der Waals surface area contributed by atoms with Crippen LogP contribution in [0, 0.1) is 35.5 Å². The van der Waals surface area contributed by atoms with Crippen molar-refractivity contribution in [1.29, 1.82) is 0 Å². The van der Waals surface area contributed by atoms with E-state index in [1.807, 2.05) is 0 Å². The molecule has 0 radical (unpaired) electrons. The average Bonchev–Trinajstić information content (AvgIpc) is 3.96. The molecule has 8 heteroatoms. The van der Waals surface area contributed by atoms with E-state index in [2.05, 4.69) is 12.1 Å². The summed E-state index contributed by atoms with van der Waals surface area (Å²) >= 11 is 0. The molecule has 0 spiro atoms.